The number of benzene rings is 1. The van der Waals surface area contributed by atoms with Gasteiger partial charge < -0.3 is 10.1 Å². The summed E-state index contributed by atoms with van der Waals surface area (Å²) in [6.45, 7) is 3.23. The highest BCUT2D eigenvalue weighted by molar-refractivity contribution is 7.89. The monoisotopic (exact) mass is 348 g/mol. The minimum atomic E-state index is -3.58. The molecule has 2 N–H and O–H groups in total. The van der Waals surface area contributed by atoms with Crippen LogP contribution < -0.4 is 10.0 Å². The Morgan fingerprint density at radius 3 is 2.68 bits per heavy atom. The van der Waals surface area contributed by atoms with E-state index in [-0.39, 0.29) is 23.3 Å². The number of aryl methyl sites for hydroxylation is 1. The minimum absolute atomic E-state index is 0. The first-order valence-corrected chi connectivity index (χ1v) is 8.34. The third-order valence-electron chi connectivity index (χ3n) is 3.50. The van der Waals surface area contributed by atoms with Crippen molar-refractivity contribution in [2.75, 3.05) is 20.2 Å². The summed E-state index contributed by atoms with van der Waals surface area (Å²) in [6.07, 6.45) is 1.78. The van der Waals surface area contributed by atoms with Crippen molar-refractivity contribution in [3.63, 3.8) is 0 Å². The van der Waals surface area contributed by atoms with E-state index in [4.69, 9.17) is 0 Å². The summed E-state index contributed by atoms with van der Waals surface area (Å²) in [5.74, 6) is -0.480. The van der Waals surface area contributed by atoms with E-state index in [1.54, 1.807) is 6.92 Å². The van der Waals surface area contributed by atoms with Crippen molar-refractivity contribution >= 4 is 28.4 Å². The first-order valence-electron chi connectivity index (χ1n) is 6.86. The molecule has 0 aliphatic carbocycles. The van der Waals surface area contributed by atoms with Crippen LogP contribution in [0.1, 0.15) is 28.8 Å². The zero-order valence-corrected chi connectivity index (χ0v) is 14.2. The Bertz CT molecular complexity index is 628. The molecule has 0 amide bonds. The van der Waals surface area contributed by atoms with Crippen LogP contribution >= 0.6 is 12.4 Å². The first-order chi connectivity index (χ1) is 9.94. The molecule has 1 unspecified atom stereocenters. The third kappa shape index (κ3) is 4.42. The van der Waals surface area contributed by atoms with E-state index in [0.29, 0.717) is 17.7 Å². The summed E-state index contributed by atoms with van der Waals surface area (Å²) in [6, 6.07) is 4.34. The van der Waals surface area contributed by atoms with Gasteiger partial charge in [0.1, 0.15) is 0 Å². The molecule has 1 aliphatic heterocycles. The molecule has 22 heavy (non-hydrogen) atoms. The molecule has 1 fully saturated rings. The Hall–Kier alpha value is -1.15. The maximum Gasteiger partial charge on any atom is 0.337 e. The number of sulfonamides is 1. The Balaban J connectivity index is 0.00000242. The van der Waals surface area contributed by atoms with Crippen molar-refractivity contribution in [3.05, 3.63) is 29.3 Å². The van der Waals surface area contributed by atoms with Crippen molar-refractivity contribution in [3.8, 4) is 0 Å². The SMILES string of the molecule is COC(=O)c1ccc(S(=O)(=O)NC2CCCNC2)c(C)c1.Cl. The molecule has 124 valence electrons. The number of piperidine rings is 1. The summed E-state index contributed by atoms with van der Waals surface area (Å²) in [7, 11) is -2.29. The molecule has 0 radical (unpaired) electrons. The zero-order valence-electron chi connectivity index (χ0n) is 12.6. The van der Waals surface area contributed by atoms with Gasteiger partial charge in [0.25, 0.3) is 0 Å². The van der Waals surface area contributed by atoms with Crippen molar-refractivity contribution in [1.29, 1.82) is 0 Å². The van der Waals surface area contributed by atoms with Crippen LogP contribution in [0.3, 0.4) is 0 Å². The third-order valence-corrected chi connectivity index (χ3v) is 5.18. The molecule has 0 spiro atoms. The molecule has 1 aliphatic rings. The predicted octanol–water partition coefficient (Wildman–Crippen LogP) is 1.23. The lowest BCUT2D eigenvalue weighted by Crippen LogP contribution is -2.45. The number of carbonyl (C=O) groups is 1. The number of esters is 1. The lowest BCUT2D eigenvalue weighted by molar-refractivity contribution is 0.0600. The summed E-state index contributed by atoms with van der Waals surface area (Å²) in [4.78, 5) is 11.6. The van der Waals surface area contributed by atoms with Gasteiger partial charge in [0.2, 0.25) is 10.0 Å². The summed E-state index contributed by atoms with van der Waals surface area (Å²) in [5, 5.41) is 3.17. The van der Waals surface area contributed by atoms with Gasteiger partial charge in [-0.05, 0) is 50.1 Å². The Morgan fingerprint density at radius 2 is 2.14 bits per heavy atom. The highest BCUT2D eigenvalue weighted by Gasteiger charge is 2.23. The van der Waals surface area contributed by atoms with Crippen molar-refractivity contribution in [2.45, 2.75) is 30.7 Å². The van der Waals surface area contributed by atoms with Gasteiger partial charge in [0.15, 0.2) is 0 Å². The van der Waals surface area contributed by atoms with Crippen LogP contribution in [0, 0.1) is 6.92 Å². The lowest BCUT2D eigenvalue weighted by Gasteiger charge is -2.24. The standard InChI is InChI=1S/C14H20N2O4S.ClH/c1-10-8-11(14(17)20-2)5-6-13(10)21(18,19)16-12-4-3-7-15-9-12;/h5-6,8,12,15-16H,3-4,7,9H2,1-2H3;1H. The van der Waals surface area contributed by atoms with Gasteiger partial charge in [0, 0.05) is 12.6 Å². The van der Waals surface area contributed by atoms with E-state index in [1.807, 2.05) is 0 Å². The average molecular weight is 349 g/mol. The maximum absolute atomic E-state index is 12.4. The Morgan fingerprint density at radius 1 is 1.41 bits per heavy atom. The van der Waals surface area contributed by atoms with E-state index >= 15 is 0 Å². The molecule has 0 saturated carbocycles. The Labute approximate surface area is 137 Å². The number of carbonyl (C=O) groups excluding carboxylic acids is 1. The van der Waals surface area contributed by atoms with Gasteiger partial charge in [-0.15, -0.1) is 12.4 Å². The zero-order chi connectivity index (χ0) is 15.5. The smallest absolute Gasteiger partial charge is 0.337 e. The number of hydrogen-bond acceptors (Lipinski definition) is 5. The Kier molecular flexibility index (Phi) is 6.80. The van der Waals surface area contributed by atoms with Crippen molar-refractivity contribution in [2.24, 2.45) is 0 Å². The molecule has 6 nitrogen and oxygen atoms in total. The van der Waals surface area contributed by atoms with Crippen LogP contribution in [0.25, 0.3) is 0 Å². The van der Waals surface area contributed by atoms with Crippen molar-refractivity contribution in [1.82, 2.24) is 10.0 Å². The molecule has 1 aromatic rings. The maximum atomic E-state index is 12.4. The largest absolute Gasteiger partial charge is 0.465 e. The second-order valence-electron chi connectivity index (χ2n) is 5.14. The predicted molar refractivity (Wildman–Crippen MR) is 86.0 cm³/mol. The fraction of sp³-hybridized carbons (Fsp3) is 0.500. The summed E-state index contributed by atoms with van der Waals surface area (Å²) in [5.41, 5.74) is 0.863. The van der Waals surface area contributed by atoms with Crippen LogP contribution in [0.15, 0.2) is 23.1 Å². The molecular formula is C14H21ClN2O4S. The van der Waals surface area contributed by atoms with E-state index in [2.05, 4.69) is 14.8 Å². The number of nitrogens with one attached hydrogen (secondary N) is 2. The van der Waals surface area contributed by atoms with E-state index in [1.165, 1.54) is 25.3 Å². The molecule has 1 saturated heterocycles. The fourth-order valence-electron chi connectivity index (χ4n) is 2.43. The van der Waals surface area contributed by atoms with E-state index < -0.39 is 16.0 Å². The quantitative estimate of drug-likeness (QED) is 0.799. The van der Waals surface area contributed by atoms with E-state index in [0.717, 1.165) is 19.4 Å². The fourth-order valence-corrected chi connectivity index (χ4v) is 3.93. The van der Waals surface area contributed by atoms with Gasteiger partial charge in [-0.1, -0.05) is 0 Å². The van der Waals surface area contributed by atoms with Gasteiger partial charge in [-0.3, -0.25) is 0 Å². The van der Waals surface area contributed by atoms with Crippen LogP contribution in [0.4, 0.5) is 0 Å². The van der Waals surface area contributed by atoms with Gasteiger partial charge in [-0.2, -0.15) is 0 Å². The van der Waals surface area contributed by atoms with Crippen molar-refractivity contribution < 1.29 is 17.9 Å². The number of ether oxygens (including phenoxy) is 1. The van der Waals surface area contributed by atoms with Crippen LogP contribution in [0.2, 0.25) is 0 Å². The highest BCUT2D eigenvalue weighted by atomic mass is 35.5. The first kappa shape index (κ1) is 18.9. The summed E-state index contributed by atoms with van der Waals surface area (Å²) >= 11 is 0. The molecule has 8 heteroatoms. The topological polar surface area (TPSA) is 84.5 Å². The average Bonchev–Trinajstić information content (AvgIpc) is 2.46. The number of hydrogen-bond donors (Lipinski definition) is 2. The van der Waals surface area contributed by atoms with Gasteiger partial charge in [0.05, 0.1) is 17.6 Å². The number of methoxy groups -OCH3 is 1. The van der Waals surface area contributed by atoms with Crippen LogP contribution in [0.5, 0.6) is 0 Å². The van der Waals surface area contributed by atoms with E-state index in [9.17, 15) is 13.2 Å². The lowest BCUT2D eigenvalue weighted by atomic mass is 10.1. The van der Waals surface area contributed by atoms with Gasteiger partial charge in [-0.25, -0.2) is 17.9 Å². The normalized spacial score (nSPS) is 18.4. The molecule has 1 aromatic carbocycles. The number of rotatable bonds is 4. The van der Waals surface area contributed by atoms with Crippen LogP contribution in [-0.4, -0.2) is 40.6 Å². The highest BCUT2D eigenvalue weighted by Crippen LogP contribution is 2.18. The molecule has 2 rings (SSSR count). The van der Waals surface area contributed by atoms with Gasteiger partial charge >= 0.3 is 5.97 Å². The molecule has 0 bridgehead atoms. The molecular weight excluding hydrogens is 328 g/mol. The molecule has 0 aromatic heterocycles. The van der Waals surface area contributed by atoms with Crippen LogP contribution in [-0.2, 0) is 14.8 Å². The minimum Gasteiger partial charge on any atom is -0.465 e. The second-order valence-corrected chi connectivity index (χ2v) is 6.82. The summed E-state index contributed by atoms with van der Waals surface area (Å²) < 4.78 is 32.2. The molecule has 1 heterocycles. The number of halogens is 1. The molecule has 1 atom stereocenters. The second kappa shape index (κ2) is 7.92.